The van der Waals surface area contributed by atoms with E-state index in [4.69, 9.17) is 20.2 Å². The Morgan fingerprint density at radius 1 is 0.882 bits per heavy atom. The third-order valence-electron chi connectivity index (χ3n) is 2.24. The topological polar surface area (TPSA) is 52.6 Å². The summed E-state index contributed by atoms with van der Waals surface area (Å²) in [6.45, 7) is 4.00. The molecule has 0 aliphatic carbocycles. The molecule has 0 amide bonds. The minimum absolute atomic E-state index is 0.131. The molecule has 0 rings (SSSR count). The minimum Gasteiger partial charge on any atom is -0.379 e. The fourth-order valence-corrected chi connectivity index (χ4v) is 1.79. The molecule has 0 saturated carbocycles. The van der Waals surface area contributed by atoms with Crippen molar-refractivity contribution in [3.05, 3.63) is 0 Å². The highest BCUT2D eigenvalue weighted by Crippen LogP contribution is 2.02. The van der Waals surface area contributed by atoms with Gasteiger partial charge in [-0.15, -0.1) is 0 Å². The maximum Gasteiger partial charge on any atom is 0.234 e. The zero-order chi connectivity index (χ0) is 13.0. The van der Waals surface area contributed by atoms with E-state index in [1.54, 1.807) is 0 Å². The molecule has 0 aliphatic rings. The van der Waals surface area contributed by atoms with Gasteiger partial charge in [-0.2, -0.15) is 0 Å². The summed E-state index contributed by atoms with van der Waals surface area (Å²) in [6, 6.07) is 0. The summed E-state index contributed by atoms with van der Waals surface area (Å²) >= 11 is 0. The SMILES string of the molecule is CCCCCCCOCCOCCS(=O)(=O)Cl. The maximum atomic E-state index is 10.5. The van der Waals surface area contributed by atoms with E-state index in [9.17, 15) is 8.42 Å². The fraction of sp³-hybridized carbons (Fsp3) is 1.00. The molecular formula is C11H23ClO4S. The molecule has 6 heteroatoms. The highest BCUT2D eigenvalue weighted by molar-refractivity contribution is 8.13. The summed E-state index contributed by atoms with van der Waals surface area (Å²) in [7, 11) is 1.59. The molecule has 0 spiro atoms. The normalized spacial score (nSPS) is 11.9. The summed E-state index contributed by atoms with van der Waals surface area (Å²) in [5.41, 5.74) is 0. The Balaban J connectivity index is 3.04. The van der Waals surface area contributed by atoms with E-state index >= 15 is 0 Å². The lowest BCUT2D eigenvalue weighted by molar-refractivity contribution is 0.0519. The number of hydrogen-bond acceptors (Lipinski definition) is 4. The Bertz CT molecular complexity index is 254. The van der Waals surface area contributed by atoms with Crippen molar-refractivity contribution in [1.82, 2.24) is 0 Å². The van der Waals surface area contributed by atoms with Crippen LogP contribution in [0, 0.1) is 0 Å². The predicted molar refractivity (Wildman–Crippen MR) is 70.0 cm³/mol. The summed E-state index contributed by atoms with van der Waals surface area (Å²) in [4.78, 5) is 0. The standard InChI is InChI=1S/C11H23ClO4S/c1-2-3-4-5-6-7-15-8-9-16-10-11-17(12,13)14/h2-11H2,1H3. The lowest BCUT2D eigenvalue weighted by Crippen LogP contribution is -2.11. The van der Waals surface area contributed by atoms with Crippen molar-refractivity contribution < 1.29 is 17.9 Å². The van der Waals surface area contributed by atoms with Gasteiger partial charge >= 0.3 is 0 Å². The molecule has 4 nitrogen and oxygen atoms in total. The summed E-state index contributed by atoms with van der Waals surface area (Å²) in [5.74, 6) is -0.147. The third kappa shape index (κ3) is 16.2. The number of unbranched alkanes of at least 4 members (excludes halogenated alkanes) is 4. The van der Waals surface area contributed by atoms with Gasteiger partial charge in [-0.3, -0.25) is 0 Å². The summed E-state index contributed by atoms with van der Waals surface area (Å²) in [6.07, 6.45) is 6.09. The second-order valence-electron chi connectivity index (χ2n) is 3.88. The largest absolute Gasteiger partial charge is 0.379 e. The predicted octanol–water partition coefficient (Wildman–Crippen LogP) is 2.56. The smallest absolute Gasteiger partial charge is 0.234 e. The van der Waals surface area contributed by atoms with E-state index in [1.807, 2.05) is 0 Å². The highest BCUT2D eigenvalue weighted by Gasteiger charge is 2.03. The first-order valence-electron chi connectivity index (χ1n) is 6.14. The highest BCUT2D eigenvalue weighted by atomic mass is 35.7. The number of hydrogen-bond donors (Lipinski definition) is 0. The van der Waals surface area contributed by atoms with Crippen LogP contribution in [0.25, 0.3) is 0 Å². The van der Waals surface area contributed by atoms with Crippen molar-refractivity contribution in [1.29, 1.82) is 0 Å². The average molecular weight is 287 g/mol. The van der Waals surface area contributed by atoms with Crippen molar-refractivity contribution >= 4 is 19.7 Å². The van der Waals surface area contributed by atoms with Crippen molar-refractivity contribution in [3.8, 4) is 0 Å². The van der Waals surface area contributed by atoms with Gasteiger partial charge in [0.15, 0.2) is 0 Å². The van der Waals surface area contributed by atoms with Gasteiger partial charge in [0.05, 0.1) is 25.6 Å². The van der Waals surface area contributed by atoms with Gasteiger partial charge in [0.25, 0.3) is 0 Å². The first kappa shape index (κ1) is 17.2. The molecule has 0 saturated heterocycles. The molecule has 0 radical (unpaired) electrons. The summed E-state index contributed by atoms with van der Waals surface area (Å²) < 4.78 is 31.5. The van der Waals surface area contributed by atoms with Crippen LogP contribution in [0.3, 0.4) is 0 Å². The Labute approximate surface area is 109 Å². The van der Waals surface area contributed by atoms with Gasteiger partial charge in [0.1, 0.15) is 0 Å². The monoisotopic (exact) mass is 286 g/mol. The second kappa shape index (κ2) is 11.3. The molecule has 0 aliphatic heterocycles. The maximum absolute atomic E-state index is 10.5. The Hall–Kier alpha value is 0.160. The molecule has 0 unspecified atom stereocenters. The molecule has 17 heavy (non-hydrogen) atoms. The molecule has 0 atom stereocenters. The zero-order valence-corrected chi connectivity index (χ0v) is 12.1. The van der Waals surface area contributed by atoms with E-state index in [0.29, 0.717) is 13.2 Å². The van der Waals surface area contributed by atoms with Crippen LogP contribution in [0.4, 0.5) is 0 Å². The van der Waals surface area contributed by atoms with Crippen LogP contribution in [0.15, 0.2) is 0 Å². The van der Waals surface area contributed by atoms with Gasteiger partial charge in [0.2, 0.25) is 9.05 Å². The number of ether oxygens (including phenoxy) is 2. The summed E-state index contributed by atoms with van der Waals surface area (Å²) in [5, 5.41) is 0. The second-order valence-corrected chi connectivity index (χ2v) is 6.78. The van der Waals surface area contributed by atoms with E-state index < -0.39 is 9.05 Å². The Morgan fingerprint density at radius 2 is 1.47 bits per heavy atom. The van der Waals surface area contributed by atoms with E-state index in [1.165, 1.54) is 25.7 Å². The third-order valence-corrected chi connectivity index (χ3v) is 3.35. The van der Waals surface area contributed by atoms with Crippen molar-refractivity contribution in [3.63, 3.8) is 0 Å². The average Bonchev–Trinajstić information content (AvgIpc) is 2.24. The minimum atomic E-state index is -3.43. The van der Waals surface area contributed by atoms with E-state index in [0.717, 1.165) is 13.0 Å². The first-order chi connectivity index (χ1) is 8.06. The molecule has 0 aromatic rings. The lowest BCUT2D eigenvalue weighted by atomic mass is 10.2. The van der Waals surface area contributed by atoms with Crippen LogP contribution < -0.4 is 0 Å². The van der Waals surface area contributed by atoms with Gasteiger partial charge in [0, 0.05) is 17.3 Å². The molecular weight excluding hydrogens is 264 g/mol. The lowest BCUT2D eigenvalue weighted by Gasteiger charge is -2.05. The molecule has 0 heterocycles. The fourth-order valence-electron chi connectivity index (χ4n) is 1.29. The van der Waals surface area contributed by atoms with Crippen LogP contribution in [0.2, 0.25) is 0 Å². The van der Waals surface area contributed by atoms with Crippen LogP contribution in [0.5, 0.6) is 0 Å². The van der Waals surface area contributed by atoms with Crippen LogP contribution in [-0.4, -0.2) is 40.6 Å². The number of rotatable bonds is 12. The zero-order valence-electron chi connectivity index (χ0n) is 10.5. The molecule has 0 N–H and O–H groups in total. The van der Waals surface area contributed by atoms with Crippen molar-refractivity contribution in [2.75, 3.05) is 32.2 Å². The van der Waals surface area contributed by atoms with Crippen LogP contribution >= 0.6 is 10.7 Å². The quantitative estimate of drug-likeness (QED) is 0.409. The molecule has 0 fully saturated rings. The van der Waals surface area contributed by atoms with Crippen LogP contribution in [0.1, 0.15) is 39.0 Å². The molecule has 104 valence electrons. The van der Waals surface area contributed by atoms with E-state index in [2.05, 4.69) is 6.92 Å². The molecule has 0 aromatic heterocycles. The van der Waals surface area contributed by atoms with Crippen molar-refractivity contribution in [2.24, 2.45) is 0 Å². The molecule has 0 bridgehead atoms. The first-order valence-corrected chi connectivity index (χ1v) is 8.62. The Kier molecular flexibility index (Phi) is 11.4. The number of halogens is 1. The van der Waals surface area contributed by atoms with E-state index in [-0.39, 0.29) is 12.4 Å². The Morgan fingerprint density at radius 3 is 2.06 bits per heavy atom. The van der Waals surface area contributed by atoms with Crippen molar-refractivity contribution in [2.45, 2.75) is 39.0 Å². The van der Waals surface area contributed by atoms with Crippen LogP contribution in [-0.2, 0) is 18.5 Å². The van der Waals surface area contributed by atoms with Gasteiger partial charge in [-0.1, -0.05) is 32.6 Å². The van der Waals surface area contributed by atoms with Gasteiger partial charge < -0.3 is 9.47 Å². The molecule has 0 aromatic carbocycles. The van der Waals surface area contributed by atoms with Gasteiger partial charge in [-0.25, -0.2) is 8.42 Å². The van der Waals surface area contributed by atoms with Gasteiger partial charge in [-0.05, 0) is 6.42 Å².